The number of hydrogen-bond donors (Lipinski definition) is 2. The Labute approximate surface area is 175 Å². The van der Waals surface area contributed by atoms with Crippen molar-refractivity contribution >= 4 is 29.1 Å². The second-order valence-electron chi connectivity index (χ2n) is 7.11. The summed E-state index contributed by atoms with van der Waals surface area (Å²) < 4.78 is 5.09. The van der Waals surface area contributed by atoms with Crippen molar-refractivity contribution in [3.8, 4) is 0 Å². The first-order chi connectivity index (χ1) is 13.4. The number of nitrogens with one attached hydrogen (secondary N) is 1. The zero-order chi connectivity index (χ0) is 20.3. The van der Waals surface area contributed by atoms with Crippen molar-refractivity contribution in [3.05, 3.63) is 68.7 Å². The Hall–Kier alpha value is -1.63. The van der Waals surface area contributed by atoms with Gasteiger partial charge in [-0.25, -0.2) is 0 Å². The third-order valence-electron chi connectivity index (χ3n) is 4.98. The number of ether oxygens (including phenoxy) is 1. The number of aliphatic hydroxyl groups is 1. The molecule has 1 amide bonds. The Morgan fingerprint density at radius 2 is 1.93 bits per heavy atom. The molecule has 3 rings (SSSR count). The van der Waals surface area contributed by atoms with Gasteiger partial charge < -0.3 is 15.2 Å². The predicted octanol–water partition coefficient (Wildman–Crippen LogP) is 3.35. The van der Waals surface area contributed by atoms with Crippen LogP contribution in [0.2, 0.25) is 10.0 Å². The van der Waals surface area contributed by atoms with Crippen LogP contribution < -0.4 is 5.32 Å². The van der Waals surface area contributed by atoms with Gasteiger partial charge in [-0.15, -0.1) is 0 Å². The number of methoxy groups -OCH3 is 1. The van der Waals surface area contributed by atoms with E-state index in [1.165, 1.54) is 0 Å². The van der Waals surface area contributed by atoms with E-state index in [1.807, 2.05) is 42.3 Å². The van der Waals surface area contributed by atoms with Gasteiger partial charge in [-0.3, -0.25) is 9.69 Å². The summed E-state index contributed by atoms with van der Waals surface area (Å²) in [6.07, 6.45) is -0.174. The van der Waals surface area contributed by atoms with Crippen LogP contribution in [-0.4, -0.2) is 42.7 Å². The first kappa shape index (κ1) is 21.1. The summed E-state index contributed by atoms with van der Waals surface area (Å²) >= 11 is 12.4. The average Bonchev–Trinajstić information content (AvgIpc) is 2.97. The van der Waals surface area contributed by atoms with Crippen molar-refractivity contribution < 1.29 is 14.6 Å². The van der Waals surface area contributed by atoms with E-state index in [1.54, 1.807) is 13.2 Å². The number of carbonyl (C=O) groups is 1. The van der Waals surface area contributed by atoms with Gasteiger partial charge in [0.25, 0.3) is 0 Å². The highest BCUT2D eigenvalue weighted by atomic mass is 35.5. The Balaban J connectivity index is 1.59. The lowest BCUT2D eigenvalue weighted by atomic mass is 10.1. The minimum absolute atomic E-state index is 0.114. The third kappa shape index (κ3) is 4.85. The number of hydrogen-bond acceptors (Lipinski definition) is 4. The van der Waals surface area contributed by atoms with E-state index >= 15 is 0 Å². The van der Waals surface area contributed by atoms with Gasteiger partial charge in [-0.1, -0.05) is 47.5 Å². The maximum atomic E-state index is 12.4. The number of carbonyl (C=O) groups excluding carboxylic acids is 1. The largest absolute Gasteiger partial charge is 0.391 e. The van der Waals surface area contributed by atoms with Gasteiger partial charge in [-0.05, 0) is 41.4 Å². The van der Waals surface area contributed by atoms with Gasteiger partial charge >= 0.3 is 0 Å². The molecule has 2 aromatic rings. The van der Waals surface area contributed by atoms with Gasteiger partial charge in [0.05, 0.1) is 25.3 Å². The lowest BCUT2D eigenvalue weighted by molar-refractivity contribution is -0.123. The summed E-state index contributed by atoms with van der Waals surface area (Å²) in [4.78, 5) is 14.2. The number of amides is 1. The van der Waals surface area contributed by atoms with Crippen molar-refractivity contribution in [2.45, 2.75) is 31.7 Å². The quantitative estimate of drug-likeness (QED) is 0.717. The van der Waals surface area contributed by atoms with Gasteiger partial charge in [-0.2, -0.15) is 0 Å². The van der Waals surface area contributed by atoms with E-state index < -0.39 is 6.10 Å². The van der Waals surface area contributed by atoms with E-state index in [2.05, 4.69) is 5.32 Å². The molecule has 2 unspecified atom stereocenters. The minimum Gasteiger partial charge on any atom is -0.391 e. The zero-order valence-electron chi connectivity index (χ0n) is 15.9. The van der Waals surface area contributed by atoms with Crippen LogP contribution >= 0.6 is 23.2 Å². The van der Waals surface area contributed by atoms with Crippen LogP contribution in [-0.2, 0) is 29.1 Å². The van der Waals surface area contributed by atoms with Gasteiger partial charge in [0.15, 0.2) is 0 Å². The molecule has 1 aliphatic rings. The number of halogens is 2. The van der Waals surface area contributed by atoms with E-state index in [9.17, 15) is 9.90 Å². The lowest BCUT2D eigenvalue weighted by Gasteiger charge is -2.27. The summed E-state index contributed by atoms with van der Waals surface area (Å²) in [7, 11) is 3.48. The molecular weight excluding hydrogens is 399 g/mol. The van der Waals surface area contributed by atoms with Crippen LogP contribution in [0.5, 0.6) is 0 Å². The minimum atomic E-state index is -0.628. The Kier molecular flexibility index (Phi) is 6.96. The number of nitrogens with zero attached hydrogens (tertiary/aromatic N) is 1. The van der Waals surface area contributed by atoms with E-state index in [0.29, 0.717) is 29.6 Å². The number of aliphatic hydroxyl groups excluding tert-OH is 1. The number of likely N-dealkylation sites (N-methyl/N-ethyl adjacent to an activating group) is 1. The fourth-order valence-electron chi connectivity index (χ4n) is 3.66. The first-order valence-electron chi connectivity index (χ1n) is 9.08. The second-order valence-corrected chi connectivity index (χ2v) is 7.96. The molecule has 0 bridgehead atoms. The number of rotatable bonds is 7. The molecule has 150 valence electrons. The molecule has 0 aliphatic heterocycles. The molecule has 2 aromatic carbocycles. The molecule has 7 heteroatoms. The second kappa shape index (κ2) is 9.25. The SMILES string of the molecule is COCc1ccc(CNC(=O)CN(C)C2c3cc(Cl)cc(Cl)c3CC2O)cc1. The maximum Gasteiger partial charge on any atom is 0.234 e. The third-order valence-corrected chi connectivity index (χ3v) is 5.54. The molecule has 0 aromatic heterocycles. The number of fused-ring (bicyclic) bond motifs is 1. The fraction of sp³-hybridized carbons (Fsp3) is 0.381. The predicted molar refractivity (Wildman–Crippen MR) is 111 cm³/mol. The summed E-state index contributed by atoms with van der Waals surface area (Å²) in [5.74, 6) is -0.114. The van der Waals surface area contributed by atoms with Crippen LogP contribution in [0.3, 0.4) is 0 Å². The van der Waals surface area contributed by atoms with Gasteiger partial charge in [0.1, 0.15) is 0 Å². The van der Waals surface area contributed by atoms with Gasteiger partial charge in [0, 0.05) is 30.1 Å². The van der Waals surface area contributed by atoms with Crippen molar-refractivity contribution in [2.24, 2.45) is 0 Å². The molecule has 0 heterocycles. The summed E-state index contributed by atoms with van der Waals surface area (Å²) in [6, 6.07) is 11.1. The molecular formula is C21H24Cl2N2O3. The molecule has 0 saturated carbocycles. The van der Waals surface area contributed by atoms with Crippen molar-refractivity contribution in [3.63, 3.8) is 0 Å². The molecule has 1 aliphatic carbocycles. The molecule has 0 fully saturated rings. The molecule has 0 radical (unpaired) electrons. The standard InChI is InChI=1S/C21H24Cl2N2O3/c1-25(21-17-7-15(22)8-18(23)16(17)9-19(21)26)11-20(27)24-10-13-3-5-14(6-4-13)12-28-2/h3-8,19,21,26H,9-12H2,1-2H3,(H,24,27). The van der Waals surface area contributed by atoms with Crippen LogP contribution in [0.15, 0.2) is 36.4 Å². The van der Waals surface area contributed by atoms with Crippen LogP contribution in [0.4, 0.5) is 0 Å². The maximum absolute atomic E-state index is 12.4. The lowest BCUT2D eigenvalue weighted by Crippen LogP contribution is -2.39. The molecule has 28 heavy (non-hydrogen) atoms. The summed E-state index contributed by atoms with van der Waals surface area (Å²) in [5.41, 5.74) is 3.88. The highest BCUT2D eigenvalue weighted by molar-refractivity contribution is 6.35. The normalized spacial score (nSPS) is 18.4. The van der Waals surface area contributed by atoms with E-state index in [0.717, 1.165) is 22.3 Å². The molecule has 5 nitrogen and oxygen atoms in total. The van der Waals surface area contributed by atoms with Crippen LogP contribution in [0.25, 0.3) is 0 Å². The van der Waals surface area contributed by atoms with Crippen molar-refractivity contribution in [1.82, 2.24) is 10.2 Å². The Bertz CT molecular complexity index is 842. The Morgan fingerprint density at radius 1 is 1.25 bits per heavy atom. The number of benzene rings is 2. The molecule has 2 N–H and O–H groups in total. The molecule has 0 spiro atoms. The summed E-state index contributed by atoms with van der Waals surface area (Å²) in [5, 5.41) is 14.5. The Morgan fingerprint density at radius 3 is 2.61 bits per heavy atom. The monoisotopic (exact) mass is 422 g/mol. The van der Waals surface area contributed by atoms with E-state index in [-0.39, 0.29) is 18.5 Å². The zero-order valence-corrected chi connectivity index (χ0v) is 17.4. The van der Waals surface area contributed by atoms with E-state index in [4.69, 9.17) is 27.9 Å². The molecule has 0 saturated heterocycles. The molecule has 2 atom stereocenters. The summed E-state index contributed by atoms with van der Waals surface area (Å²) in [6.45, 7) is 1.17. The highest BCUT2D eigenvalue weighted by Crippen LogP contribution is 2.40. The van der Waals surface area contributed by atoms with Crippen LogP contribution in [0, 0.1) is 0 Å². The average molecular weight is 423 g/mol. The van der Waals surface area contributed by atoms with Crippen molar-refractivity contribution in [1.29, 1.82) is 0 Å². The topological polar surface area (TPSA) is 61.8 Å². The fourth-order valence-corrected chi connectivity index (χ4v) is 4.25. The highest BCUT2D eigenvalue weighted by Gasteiger charge is 2.36. The van der Waals surface area contributed by atoms with Gasteiger partial charge in [0.2, 0.25) is 5.91 Å². The smallest absolute Gasteiger partial charge is 0.234 e. The first-order valence-corrected chi connectivity index (χ1v) is 9.84. The van der Waals surface area contributed by atoms with Crippen LogP contribution in [0.1, 0.15) is 28.3 Å². The van der Waals surface area contributed by atoms with Crippen molar-refractivity contribution in [2.75, 3.05) is 20.7 Å².